The number of carbonyl (C=O) groups excluding carboxylic acids is 2. The van der Waals surface area contributed by atoms with Gasteiger partial charge in [0.2, 0.25) is 0 Å². The number of esters is 2. The average Bonchev–Trinajstić information content (AvgIpc) is 2.98. The summed E-state index contributed by atoms with van der Waals surface area (Å²) in [6.07, 6.45) is 0. The lowest BCUT2D eigenvalue weighted by atomic mass is 9.98. The lowest BCUT2D eigenvalue weighted by Crippen LogP contribution is -2.29. The van der Waals surface area contributed by atoms with Crippen LogP contribution in [0.15, 0.2) is 74.7 Å². The van der Waals surface area contributed by atoms with Crippen LogP contribution in [0.1, 0.15) is 45.7 Å². The number of hydrogen-bond acceptors (Lipinski definition) is 10. The zero-order valence-electron chi connectivity index (χ0n) is 27.7. The summed E-state index contributed by atoms with van der Waals surface area (Å²) < 4.78 is 59.8. The SMILES string of the molecule is C=C(C)[C@H](CS(=O)(=O)c1ccc(C)cc1)C(=O)OC.CCN(CC)N=Nc1cc(C)ccc1S(=O)(=O)C[C@H](C(=O)OC)C(C)C. The van der Waals surface area contributed by atoms with Crippen molar-refractivity contribution in [1.82, 2.24) is 5.01 Å². The summed E-state index contributed by atoms with van der Waals surface area (Å²) in [7, 11) is -4.78. The van der Waals surface area contributed by atoms with Gasteiger partial charge in [-0.05, 0) is 70.4 Å². The average molecular weight is 666 g/mol. The van der Waals surface area contributed by atoms with Crippen LogP contribution in [0.2, 0.25) is 0 Å². The van der Waals surface area contributed by atoms with E-state index in [9.17, 15) is 26.4 Å². The highest BCUT2D eigenvalue weighted by Gasteiger charge is 2.32. The van der Waals surface area contributed by atoms with Gasteiger partial charge in [-0.15, -0.1) is 5.11 Å². The molecule has 0 saturated heterocycles. The van der Waals surface area contributed by atoms with Crippen LogP contribution in [0.4, 0.5) is 5.69 Å². The first-order valence-corrected chi connectivity index (χ1v) is 17.8. The van der Waals surface area contributed by atoms with Crippen LogP contribution >= 0.6 is 0 Å². The highest BCUT2D eigenvalue weighted by atomic mass is 32.2. The fourth-order valence-corrected chi connectivity index (χ4v) is 7.52. The lowest BCUT2D eigenvalue weighted by Gasteiger charge is -2.19. The number of benzene rings is 2. The molecule has 0 spiro atoms. The first kappa shape index (κ1) is 39.4. The minimum absolute atomic E-state index is 0.0774. The molecule has 0 aromatic heterocycles. The van der Waals surface area contributed by atoms with Crippen molar-refractivity contribution in [3.8, 4) is 0 Å². The Kier molecular flexibility index (Phi) is 15.6. The first-order chi connectivity index (χ1) is 20.9. The number of ether oxygens (including phenoxy) is 2. The molecule has 2 rings (SSSR count). The Balaban J connectivity index is 0.000000472. The maximum Gasteiger partial charge on any atom is 0.313 e. The molecule has 2 aromatic rings. The molecule has 0 fully saturated rings. The third kappa shape index (κ3) is 12.0. The lowest BCUT2D eigenvalue weighted by molar-refractivity contribution is -0.146. The van der Waals surface area contributed by atoms with Crippen molar-refractivity contribution in [2.45, 2.75) is 58.3 Å². The van der Waals surface area contributed by atoms with Crippen molar-refractivity contribution in [2.75, 3.05) is 38.8 Å². The van der Waals surface area contributed by atoms with E-state index < -0.39 is 43.4 Å². The molecule has 11 nitrogen and oxygen atoms in total. The minimum Gasteiger partial charge on any atom is -0.469 e. The summed E-state index contributed by atoms with van der Waals surface area (Å²) in [6, 6.07) is 11.4. The molecule has 0 radical (unpaired) electrons. The van der Waals surface area contributed by atoms with Crippen molar-refractivity contribution in [2.24, 2.45) is 28.1 Å². The summed E-state index contributed by atoms with van der Waals surface area (Å²) >= 11 is 0. The van der Waals surface area contributed by atoms with Crippen molar-refractivity contribution < 1.29 is 35.9 Å². The van der Waals surface area contributed by atoms with Gasteiger partial charge in [-0.3, -0.25) is 14.6 Å². The molecule has 0 heterocycles. The molecule has 0 aliphatic rings. The molecule has 0 unspecified atom stereocenters. The molecule has 250 valence electrons. The van der Waals surface area contributed by atoms with Crippen LogP contribution in [0.5, 0.6) is 0 Å². The van der Waals surface area contributed by atoms with Gasteiger partial charge < -0.3 is 9.47 Å². The molecule has 0 aliphatic carbocycles. The van der Waals surface area contributed by atoms with Gasteiger partial charge in [-0.25, -0.2) is 16.8 Å². The van der Waals surface area contributed by atoms with Crippen LogP contribution in [0.25, 0.3) is 0 Å². The normalized spacial score (nSPS) is 13.0. The first-order valence-electron chi connectivity index (χ1n) is 14.5. The van der Waals surface area contributed by atoms with Gasteiger partial charge in [0.05, 0.1) is 47.4 Å². The van der Waals surface area contributed by atoms with E-state index in [2.05, 4.69) is 21.7 Å². The zero-order chi connectivity index (χ0) is 34.5. The Morgan fingerprint density at radius 3 is 1.84 bits per heavy atom. The summed E-state index contributed by atoms with van der Waals surface area (Å²) in [5.74, 6) is -3.49. The zero-order valence-corrected chi connectivity index (χ0v) is 29.4. The van der Waals surface area contributed by atoms with Gasteiger partial charge in [0.25, 0.3) is 0 Å². The molecule has 0 bridgehead atoms. The van der Waals surface area contributed by atoms with Crippen molar-refractivity contribution in [1.29, 1.82) is 0 Å². The van der Waals surface area contributed by atoms with Gasteiger partial charge in [0.15, 0.2) is 19.7 Å². The van der Waals surface area contributed by atoms with E-state index in [1.807, 2.05) is 27.7 Å². The number of carbonyl (C=O) groups is 2. The van der Waals surface area contributed by atoms with Crippen molar-refractivity contribution in [3.05, 3.63) is 65.7 Å². The molecule has 45 heavy (non-hydrogen) atoms. The predicted molar refractivity (Wildman–Crippen MR) is 175 cm³/mol. The van der Waals surface area contributed by atoms with Gasteiger partial charge in [0, 0.05) is 13.1 Å². The Hall–Kier alpha value is -3.58. The number of methoxy groups -OCH3 is 2. The van der Waals surface area contributed by atoms with Crippen LogP contribution in [0, 0.1) is 31.6 Å². The van der Waals surface area contributed by atoms with Crippen molar-refractivity contribution in [3.63, 3.8) is 0 Å². The number of hydrogen-bond donors (Lipinski definition) is 0. The predicted octanol–water partition coefficient (Wildman–Crippen LogP) is 5.69. The quantitative estimate of drug-likeness (QED) is 0.107. The van der Waals surface area contributed by atoms with Crippen LogP contribution in [-0.2, 0) is 38.7 Å². The van der Waals surface area contributed by atoms with Crippen molar-refractivity contribution >= 4 is 37.3 Å². The number of rotatable bonds is 14. The highest BCUT2D eigenvalue weighted by molar-refractivity contribution is 7.91. The smallest absolute Gasteiger partial charge is 0.313 e. The number of nitrogens with zero attached hydrogens (tertiary/aromatic N) is 3. The molecule has 0 amide bonds. The fraction of sp³-hybridized carbons (Fsp3) is 0.500. The third-order valence-corrected chi connectivity index (χ3v) is 10.6. The number of sulfone groups is 2. The second kappa shape index (κ2) is 17.8. The van der Waals surface area contributed by atoms with Gasteiger partial charge in [0.1, 0.15) is 5.69 Å². The van der Waals surface area contributed by atoms with Crippen LogP contribution in [-0.4, -0.2) is 72.6 Å². The molecule has 0 aliphatic heterocycles. The Morgan fingerprint density at radius 2 is 1.38 bits per heavy atom. The molecule has 2 aromatic carbocycles. The Bertz CT molecular complexity index is 1550. The Morgan fingerprint density at radius 1 is 0.844 bits per heavy atom. The summed E-state index contributed by atoms with van der Waals surface area (Å²) in [5, 5.41) is 9.99. The number of aryl methyl sites for hydroxylation is 2. The maximum atomic E-state index is 13.0. The Labute approximate surface area is 268 Å². The topological polar surface area (TPSA) is 149 Å². The van der Waals surface area contributed by atoms with Crippen LogP contribution in [0.3, 0.4) is 0 Å². The monoisotopic (exact) mass is 665 g/mol. The molecule has 0 N–H and O–H groups in total. The van der Waals surface area contributed by atoms with Gasteiger partial charge in [-0.2, -0.15) is 0 Å². The minimum atomic E-state index is -3.74. The largest absolute Gasteiger partial charge is 0.469 e. The second-order valence-electron chi connectivity index (χ2n) is 11.0. The third-order valence-electron chi connectivity index (χ3n) is 7.01. The van der Waals surface area contributed by atoms with E-state index in [0.717, 1.165) is 11.1 Å². The molecule has 13 heteroatoms. The summed E-state index contributed by atoms with van der Waals surface area (Å²) in [4.78, 5) is 23.8. The van der Waals surface area contributed by atoms with E-state index in [1.165, 1.54) is 32.4 Å². The van der Waals surface area contributed by atoms with E-state index in [4.69, 9.17) is 4.74 Å². The molecular formula is C32H47N3O8S2. The molecule has 0 saturated carbocycles. The fourth-order valence-electron chi connectivity index (χ4n) is 4.06. The van der Waals surface area contributed by atoms with E-state index in [0.29, 0.717) is 18.7 Å². The maximum absolute atomic E-state index is 13.0. The molecular weight excluding hydrogens is 618 g/mol. The van der Waals surface area contributed by atoms with Crippen LogP contribution < -0.4 is 0 Å². The highest BCUT2D eigenvalue weighted by Crippen LogP contribution is 2.30. The van der Waals surface area contributed by atoms with E-state index in [-0.39, 0.29) is 32.9 Å². The van der Waals surface area contributed by atoms with E-state index >= 15 is 0 Å². The second-order valence-corrected chi connectivity index (χ2v) is 15.0. The van der Waals surface area contributed by atoms with E-state index in [1.54, 1.807) is 50.0 Å². The van der Waals surface area contributed by atoms with Gasteiger partial charge >= 0.3 is 11.9 Å². The summed E-state index contributed by atoms with van der Waals surface area (Å²) in [5.41, 5.74) is 2.61. The summed E-state index contributed by atoms with van der Waals surface area (Å²) in [6.45, 7) is 17.8. The van der Waals surface area contributed by atoms with Gasteiger partial charge in [-0.1, -0.05) is 55.0 Å². The molecule has 2 atom stereocenters. The standard InChI is InChI=1S/C18H29N3O4S.C14H18O4S/c1-7-21(8-2)20-19-16-11-14(5)9-10-17(16)26(23,24)12-15(13(3)4)18(22)25-6;1-10(2)13(14(15)18-4)9-19(16,17)12-7-5-11(3)6-8-12/h9-11,13,15H,7-8,12H2,1-6H3;5-8,13H,1,9H2,2-4H3/t15-;13-/m00/s1.